The van der Waals surface area contributed by atoms with E-state index in [4.69, 9.17) is 4.42 Å². The van der Waals surface area contributed by atoms with Gasteiger partial charge in [-0.05, 0) is 18.6 Å². The summed E-state index contributed by atoms with van der Waals surface area (Å²) in [6.07, 6.45) is -4.42. The largest absolute Gasteiger partial charge is 0.459 e. The number of halogens is 3. The highest BCUT2D eigenvalue weighted by molar-refractivity contribution is 5.83. The maximum absolute atomic E-state index is 12.6. The number of ether oxygens (including phenoxy) is 1. The minimum Gasteiger partial charge on any atom is -0.459 e. The molecule has 0 aliphatic carbocycles. The Hall–Kier alpha value is -2.38. The number of nitrogens with zero attached hydrogens (tertiary/aromatic N) is 2. The summed E-state index contributed by atoms with van der Waals surface area (Å²) in [6.45, 7) is 1.78. The van der Waals surface area contributed by atoms with Gasteiger partial charge in [0, 0.05) is 0 Å². The molecule has 0 amide bonds. The van der Waals surface area contributed by atoms with Gasteiger partial charge in [0.15, 0.2) is 0 Å². The smallest absolute Gasteiger partial charge is 0.416 e. The molecule has 112 valence electrons. The van der Waals surface area contributed by atoms with E-state index in [1.807, 2.05) is 0 Å². The van der Waals surface area contributed by atoms with Gasteiger partial charge in [0.2, 0.25) is 5.89 Å². The zero-order valence-corrected chi connectivity index (χ0v) is 11.0. The SMILES string of the molecule is CCOC(=O)c1nnc(Cc2cccc(C(F)(F)F)c2)o1. The van der Waals surface area contributed by atoms with Gasteiger partial charge in [-0.3, -0.25) is 0 Å². The van der Waals surface area contributed by atoms with Crippen molar-refractivity contribution in [3.05, 3.63) is 47.2 Å². The fourth-order valence-electron chi connectivity index (χ4n) is 1.63. The van der Waals surface area contributed by atoms with Gasteiger partial charge in [0.1, 0.15) is 0 Å². The van der Waals surface area contributed by atoms with Crippen molar-refractivity contribution >= 4 is 5.97 Å². The Labute approximate surface area is 117 Å². The van der Waals surface area contributed by atoms with E-state index in [9.17, 15) is 18.0 Å². The molecule has 0 bridgehead atoms. The molecule has 0 atom stereocenters. The lowest BCUT2D eigenvalue weighted by Gasteiger charge is -2.07. The van der Waals surface area contributed by atoms with Crippen LogP contribution in [0.15, 0.2) is 28.7 Å². The molecule has 0 fully saturated rings. The van der Waals surface area contributed by atoms with Crippen molar-refractivity contribution in [3.8, 4) is 0 Å². The topological polar surface area (TPSA) is 65.2 Å². The van der Waals surface area contributed by atoms with Gasteiger partial charge in [0.25, 0.3) is 0 Å². The summed E-state index contributed by atoms with van der Waals surface area (Å²) in [7, 11) is 0. The van der Waals surface area contributed by atoms with Crippen molar-refractivity contribution in [3.63, 3.8) is 0 Å². The fraction of sp³-hybridized carbons (Fsp3) is 0.308. The molecule has 1 aromatic heterocycles. The van der Waals surface area contributed by atoms with E-state index >= 15 is 0 Å². The molecule has 1 heterocycles. The van der Waals surface area contributed by atoms with Crippen LogP contribution in [0.2, 0.25) is 0 Å². The summed E-state index contributed by atoms with van der Waals surface area (Å²) in [5, 5.41) is 7.10. The number of hydrogen-bond donors (Lipinski definition) is 0. The number of hydrogen-bond acceptors (Lipinski definition) is 5. The monoisotopic (exact) mass is 300 g/mol. The Bertz CT molecular complexity index is 638. The molecule has 0 aliphatic rings. The van der Waals surface area contributed by atoms with Crippen LogP contribution in [0.25, 0.3) is 0 Å². The van der Waals surface area contributed by atoms with Crippen LogP contribution in [0.4, 0.5) is 13.2 Å². The van der Waals surface area contributed by atoms with Crippen molar-refractivity contribution in [2.24, 2.45) is 0 Å². The average molecular weight is 300 g/mol. The molecule has 0 saturated heterocycles. The number of alkyl halides is 3. The van der Waals surface area contributed by atoms with Crippen LogP contribution in [-0.4, -0.2) is 22.8 Å². The first kappa shape index (κ1) is 15.0. The van der Waals surface area contributed by atoms with E-state index < -0.39 is 17.7 Å². The number of carbonyl (C=O) groups is 1. The van der Waals surface area contributed by atoms with Crippen LogP contribution in [-0.2, 0) is 17.3 Å². The molecule has 21 heavy (non-hydrogen) atoms. The van der Waals surface area contributed by atoms with Gasteiger partial charge < -0.3 is 9.15 Å². The molecule has 0 radical (unpaired) electrons. The molecule has 8 heteroatoms. The Balaban J connectivity index is 2.14. The molecule has 1 aromatic carbocycles. The normalized spacial score (nSPS) is 11.4. The van der Waals surface area contributed by atoms with E-state index in [0.29, 0.717) is 5.56 Å². The third-order valence-electron chi connectivity index (χ3n) is 2.53. The van der Waals surface area contributed by atoms with Crippen LogP contribution in [0.1, 0.15) is 34.6 Å². The van der Waals surface area contributed by atoms with E-state index in [1.54, 1.807) is 6.92 Å². The predicted molar refractivity (Wildman–Crippen MR) is 64.5 cm³/mol. The lowest BCUT2D eigenvalue weighted by Crippen LogP contribution is -2.05. The van der Waals surface area contributed by atoms with Crippen LogP contribution in [0, 0.1) is 0 Å². The third kappa shape index (κ3) is 3.80. The standard InChI is InChI=1S/C13H11F3N2O3/c1-2-20-12(19)11-18-17-10(21-11)7-8-4-3-5-9(6-8)13(14,15)16/h3-6H,2,7H2,1H3. The van der Waals surface area contributed by atoms with Gasteiger partial charge >= 0.3 is 18.0 Å². The quantitative estimate of drug-likeness (QED) is 0.812. The first-order valence-electron chi connectivity index (χ1n) is 6.05. The van der Waals surface area contributed by atoms with Crippen molar-refractivity contribution in [1.82, 2.24) is 10.2 Å². The minimum absolute atomic E-state index is 0.00365. The summed E-state index contributed by atoms with van der Waals surface area (Å²) in [5.41, 5.74) is -0.408. The van der Waals surface area contributed by atoms with Crippen LogP contribution in [0.5, 0.6) is 0 Å². The number of aromatic nitrogens is 2. The number of esters is 1. The molecular weight excluding hydrogens is 289 g/mol. The Kier molecular flexibility index (Phi) is 4.25. The summed E-state index contributed by atoms with van der Waals surface area (Å²) < 4.78 is 47.5. The minimum atomic E-state index is -4.42. The molecule has 0 spiro atoms. The molecule has 2 rings (SSSR count). The summed E-state index contributed by atoms with van der Waals surface area (Å²) in [6, 6.07) is 4.76. The molecule has 0 aliphatic heterocycles. The van der Waals surface area contributed by atoms with Gasteiger partial charge in [-0.15, -0.1) is 10.2 Å². The van der Waals surface area contributed by atoms with Crippen LogP contribution >= 0.6 is 0 Å². The van der Waals surface area contributed by atoms with E-state index in [2.05, 4.69) is 14.9 Å². The average Bonchev–Trinajstić information content (AvgIpc) is 2.87. The molecular formula is C13H11F3N2O3. The second kappa shape index (κ2) is 5.94. The van der Waals surface area contributed by atoms with Gasteiger partial charge in [-0.1, -0.05) is 18.2 Å². The predicted octanol–water partition coefficient (Wildman–Crippen LogP) is 2.86. The first-order valence-corrected chi connectivity index (χ1v) is 6.05. The summed E-state index contributed by atoms with van der Waals surface area (Å²) >= 11 is 0. The molecule has 0 unspecified atom stereocenters. The third-order valence-corrected chi connectivity index (χ3v) is 2.53. The van der Waals surface area contributed by atoms with Crippen molar-refractivity contribution in [1.29, 1.82) is 0 Å². The van der Waals surface area contributed by atoms with Crippen LogP contribution < -0.4 is 0 Å². The lowest BCUT2D eigenvalue weighted by molar-refractivity contribution is -0.137. The lowest BCUT2D eigenvalue weighted by atomic mass is 10.1. The zero-order chi connectivity index (χ0) is 15.5. The second-order valence-corrected chi connectivity index (χ2v) is 4.10. The van der Waals surface area contributed by atoms with E-state index in [-0.39, 0.29) is 24.8 Å². The maximum Gasteiger partial charge on any atom is 0.416 e. The Morgan fingerprint density at radius 3 is 2.76 bits per heavy atom. The highest BCUT2D eigenvalue weighted by atomic mass is 19.4. The van der Waals surface area contributed by atoms with Crippen LogP contribution in [0.3, 0.4) is 0 Å². The van der Waals surface area contributed by atoms with Crippen molar-refractivity contribution < 1.29 is 27.1 Å². The van der Waals surface area contributed by atoms with Gasteiger partial charge in [-0.25, -0.2) is 4.79 Å². The van der Waals surface area contributed by atoms with E-state index in [0.717, 1.165) is 12.1 Å². The van der Waals surface area contributed by atoms with Crippen molar-refractivity contribution in [2.45, 2.75) is 19.5 Å². The Morgan fingerprint density at radius 2 is 2.10 bits per heavy atom. The number of rotatable bonds is 4. The second-order valence-electron chi connectivity index (χ2n) is 4.10. The van der Waals surface area contributed by atoms with Crippen molar-refractivity contribution in [2.75, 3.05) is 6.61 Å². The Morgan fingerprint density at radius 1 is 1.33 bits per heavy atom. The molecule has 0 N–H and O–H groups in total. The van der Waals surface area contributed by atoms with E-state index in [1.165, 1.54) is 12.1 Å². The fourth-order valence-corrected chi connectivity index (χ4v) is 1.63. The molecule has 0 saturated carbocycles. The van der Waals surface area contributed by atoms with Gasteiger partial charge in [0.05, 0.1) is 18.6 Å². The molecule has 2 aromatic rings. The highest BCUT2D eigenvalue weighted by Gasteiger charge is 2.30. The summed E-state index contributed by atoms with van der Waals surface area (Å²) in [4.78, 5) is 11.3. The first-order chi connectivity index (χ1) is 9.90. The highest BCUT2D eigenvalue weighted by Crippen LogP contribution is 2.29. The number of carbonyl (C=O) groups excluding carboxylic acids is 1. The summed E-state index contributed by atoms with van der Waals surface area (Å²) in [5.74, 6) is -1.04. The number of benzene rings is 1. The molecule has 5 nitrogen and oxygen atoms in total. The zero-order valence-electron chi connectivity index (χ0n) is 11.0. The maximum atomic E-state index is 12.6. The van der Waals surface area contributed by atoms with Gasteiger partial charge in [-0.2, -0.15) is 13.2 Å².